The Kier molecular flexibility index (Phi) is 2.28. The van der Waals surface area contributed by atoms with Crippen LogP contribution in [0.25, 0.3) is 0 Å². The maximum Gasteiger partial charge on any atom is 0.165 e. The van der Waals surface area contributed by atoms with Crippen molar-refractivity contribution in [2.45, 2.75) is 0 Å². The third kappa shape index (κ3) is 1.37. The molecule has 0 amide bonds. The van der Waals surface area contributed by atoms with E-state index >= 15 is 0 Å². The van der Waals surface area contributed by atoms with Crippen LogP contribution in [0.4, 0.5) is 4.39 Å². The van der Waals surface area contributed by atoms with Gasteiger partial charge in [0.15, 0.2) is 17.9 Å². The van der Waals surface area contributed by atoms with Gasteiger partial charge in [0.25, 0.3) is 0 Å². The van der Waals surface area contributed by atoms with Gasteiger partial charge in [-0.1, -0.05) is 0 Å². The summed E-state index contributed by atoms with van der Waals surface area (Å²) in [5, 5.41) is 8.88. The Morgan fingerprint density at radius 2 is 2.25 bits per heavy atom. The zero-order valence-corrected chi connectivity index (χ0v) is 6.37. The summed E-state index contributed by atoms with van der Waals surface area (Å²) in [6.45, 7) is 0. The summed E-state index contributed by atoms with van der Waals surface area (Å²) in [7, 11) is 1.33. The van der Waals surface area contributed by atoms with Gasteiger partial charge in [-0.15, -0.1) is 0 Å². The first-order valence-electron chi connectivity index (χ1n) is 3.20. The molecule has 0 atom stereocenters. The summed E-state index contributed by atoms with van der Waals surface area (Å²) < 4.78 is 17.3. The second-order valence-corrected chi connectivity index (χ2v) is 2.16. The number of aldehydes is 1. The van der Waals surface area contributed by atoms with Crippen LogP contribution in [0, 0.1) is 5.82 Å². The minimum Gasteiger partial charge on any atom is -0.505 e. The molecule has 0 saturated heterocycles. The van der Waals surface area contributed by atoms with Crippen LogP contribution in [0.5, 0.6) is 11.5 Å². The molecule has 1 rings (SSSR count). The first kappa shape index (κ1) is 8.52. The van der Waals surface area contributed by atoms with Crippen LogP contribution in [-0.2, 0) is 0 Å². The fourth-order valence-electron chi connectivity index (χ4n) is 0.827. The Morgan fingerprint density at radius 3 is 2.75 bits per heavy atom. The average molecular weight is 170 g/mol. The van der Waals surface area contributed by atoms with E-state index in [-0.39, 0.29) is 11.3 Å². The highest BCUT2D eigenvalue weighted by Gasteiger charge is 2.08. The number of benzene rings is 1. The molecule has 4 heteroatoms. The summed E-state index contributed by atoms with van der Waals surface area (Å²) in [5.41, 5.74) is 0.0767. The Labute approximate surface area is 68.4 Å². The first-order chi connectivity index (χ1) is 5.69. The van der Waals surface area contributed by atoms with Gasteiger partial charge in [0.2, 0.25) is 0 Å². The molecule has 1 N–H and O–H groups in total. The lowest BCUT2D eigenvalue weighted by Crippen LogP contribution is -1.91. The number of aromatic hydroxyl groups is 1. The minimum atomic E-state index is -0.835. The number of phenolic OH excluding ortho intramolecular Hbond substituents is 1. The molecule has 0 radical (unpaired) electrons. The number of phenols is 1. The van der Waals surface area contributed by atoms with Gasteiger partial charge >= 0.3 is 0 Å². The smallest absolute Gasteiger partial charge is 0.165 e. The molecule has 1 aromatic rings. The first-order valence-corrected chi connectivity index (χ1v) is 3.20. The number of methoxy groups -OCH3 is 1. The molecule has 0 spiro atoms. The van der Waals surface area contributed by atoms with Crippen molar-refractivity contribution >= 4 is 6.29 Å². The molecule has 0 aliphatic rings. The minimum absolute atomic E-state index is 0.0767. The van der Waals surface area contributed by atoms with Gasteiger partial charge in [0, 0.05) is 6.07 Å². The second kappa shape index (κ2) is 3.21. The Morgan fingerprint density at radius 1 is 1.58 bits per heavy atom. The number of hydrogen-bond acceptors (Lipinski definition) is 3. The second-order valence-electron chi connectivity index (χ2n) is 2.16. The predicted molar refractivity (Wildman–Crippen MR) is 40.0 cm³/mol. The van der Waals surface area contributed by atoms with Crippen LogP contribution in [0.3, 0.4) is 0 Å². The largest absolute Gasteiger partial charge is 0.505 e. The van der Waals surface area contributed by atoms with E-state index in [1.165, 1.54) is 7.11 Å². The quantitative estimate of drug-likeness (QED) is 0.681. The standard InChI is InChI=1S/C8H7FO3/c1-12-8-3-7(11)6(9)2-5(8)4-10/h2-4,11H,1H3. The van der Waals surface area contributed by atoms with Gasteiger partial charge in [-0.2, -0.15) is 0 Å². The van der Waals surface area contributed by atoms with Gasteiger partial charge in [-0.05, 0) is 6.07 Å². The summed E-state index contributed by atoms with van der Waals surface area (Å²) in [4.78, 5) is 10.3. The van der Waals surface area contributed by atoms with Crippen LogP contribution < -0.4 is 4.74 Å². The fraction of sp³-hybridized carbons (Fsp3) is 0.125. The SMILES string of the molecule is COc1cc(O)c(F)cc1C=O. The Balaban J connectivity index is 3.28. The Bertz CT molecular complexity index is 309. The number of carbonyl (C=O) groups excluding carboxylic acids is 1. The van der Waals surface area contributed by atoms with Gasteiger partial charge in [-0.25, -0.2) is 4.39 Å². The molecular weight excluding hydrogens is 163 g/mol. The maximum absolute atomic E-state index is 12.6. The van der Waals surface area contributed by atoms with Crippen molar-refractivity contribution in [1.82, 2.24) is 0 Å². The third-order valence-corrected chi connectivity index (χ3v) is 1.43. The topological polar surface area (TPSA) is 46.5 Å². The molecule has 12 heavy (non-hydrogen) atoms. The average Bonchev–Trinajstić information content (AvgIpc) is 2.09. The molecular formula is C8H7FO3. The van der Waals surface area contributed by atoms with Crippen molar-refractivity contribution in [3.63, 3.8) is 0 Å². The van der Waals surface area contributed by atoms with Crippen molar-refractivity contribution in [2.24, 2.45) is 0 Å². The van der Waals surface area contributed by atoms with Gasteiger partial charge in [0.05, 0.1) is 12.7 Å². The monoisotopic (exact) mass is 170 g/mol. The van der Waals surface area contributed by atoms with Crippen LogP contribution in [0.1, 0.15) is 10.4 Å². The van der Waals surface area contributed by atoms with Crippen molar-refractivity contribution in [1.29, 1.82) is 0 Å². The summed E-state index contributed by atoms with van der Waals surface area (Å²) in [5.74, 6) is -1.21. The lowest BCUT2D eigenvalue weighted by molar-refractivity contribution is 0.112. The Hall–Kier alpha value is -1.58. The molecule has 3 nitrogen and oxygen atoms in total. The lowest BCUT2D eigenvalue weighted by atomic mass is 10.2. The molecule has 64 valence electrons. The molecule has 0 aromatic heterocycles. The van der Waals surface area contributed by atoms with Gasteiger partial charge < -0.3 is 9.84 Å². The van der Waals surface area contributed by atoms with Crippen LogP contribution in [-0.4, -0.2) is 18.5 Å². The van der Waals surface area contributed by atoms with Gasteiger partial charge in [-0.3, -0.25) is 4.79 Å². The molecule has 0 bridgehead atoms. The number of rotatable bonds is 2. The van der Waals surface area contributed by atoms with E-state index in [0.29, 0.717) is 6.29 Å². The highest BCUT2D eigenvalue weighted by molar-refractivity contribution is 5.79. The van der Waals surface area contributed by atoms with E-state index in [1.807, 2.05) is 0 Å². The molecule has 0 fully saturated rings. The van der Waals surface area contributed by atoms with Crippen molar-refractivity contribution in [3.8, 4) is 11.5 Å². The summed E-state index contributed by atoms with van der Waals surface area (Å²) >= 11 is 0. The summed E-state index contributed by atoms with van der Waals surface area (Å²) in [6, 6.07) is 1.97. The van der Waals surface area contributed by atoms with Crippen LogP contribution in [0.15, 0.2) is 12.1 Å². The van der Waals surface area contributed by atoms with Gasteiger partial charge in [0.1, 0.15) is 5.75 Å². The van der Waals surface area contributed by atoms with Crippen LogP contribution >= 0.6 is 0 Å². The number of hydrogen-bond donors (Lipinski definition) is 1. The molecule has 0 aliphatic heterocycles. The van der Waals surface area contributed by atoms with Crippen molar-refractivity contribution in [2.75, 3.05) is 7.11 Å². The van der Waals surface area contributed by atoms with E-state index in [9.17, 15) is 9.18 Å². The third-order valence-electron chi connectivity index (χ3n) is 1.43. The van der Waals surface area contributed by atoms with E-state index < -0.39 is 11.6 Å². The van der Waals surface area contributed by atoms with E-state index in [0.717, 1.165) is 12.1 Å². The van der Waals surface area contributed by atoms with Crippen molar-refractivity contribution in [3.05, 3.63) is 23.5 Å². The highest BCUT2D eigenvalue weighted by atomic mass is 19.1. The molecule has 0 aliphatic carbocycles. The molecule has 0 heterocycles. The van der Waals surface area contributed by atoms with E-state index in [2.05, 4.69) is 0 Å². The van der Waals surface area contributed by atoms with E-state index in [1.54, 1.807) is 0 Å². The highest BCUT2D eigenvalue weighted by Crippen LogP contribution is 2.25. The maximum atomic E-state index is 12.6. The fourth-order valence-corrected chi connectivity index (χ4v) is 0.827. The molecule has 1 aromatic carbocycles. The lowest BCUT2D eigenvalue weighted by Gasteiger charge is -2.03. The molecule has 0 unspecified atom stereocenters. The number of carbonyl (C=O) groups is 1. The normalized spacial score (nSPS) is 9.50. The van der Waals surface area contributed by atoms with Crippen molar-refractivity contribution < 1.29 is 19.0 Å². The zero-order valence-electron chi connectivity index (χ0n) is 6.37. The predicted octanol–water partition coefficient (Wildman–Crippen LogP) is 1.35. The van der Waals surface area contributed by atoms with Crippen LogP contribution in [0.2, 0.25) is 0 Å². The number of halogens is 1. The number of ether oxygens (including phenoxy) is 1. The van der Waals surface area contributed by atoms with E-state index in [4.69, 9.17) is 9.84 Å². The molecule has 0 saturated carbocycles. The summed E-state index contributed by atoms with van der Waals surface area (Å²) in [6.07, 6.45) is 0.460. The zero-order chi connectivity index (χ0) is 9.14.